The number of sulfonamides is 1. The Bertz CT molecular complexity index is 616. The summed E-state index contributed by atoms with van der Waals surface area (Å²) in [4.78, 5) is 12.0. The molecule has 1 aromatic carbocycles. The molecule has 0 aromatic heterocycles. The highest BCUT2D eigenvalue weighted by atomic mass is 32.2. The summed E-state index contributed by atoms with van der Waals surface area (Å²) >= 11 is 0. The van der Waals surface area contributed by atoms with Gasteiger partial charge in [0.15, 0.2) is 0 Å². The van der Waals surface area contributed by atoms with Gasteiger partial charge in [-0.05, 0) is 30.5 Å². The predicted molar refractivity (Wildman–Crippen MR) is 79.9 cm³/mol. The van der Waals surface area contributed by atoms with Gasteiger partial charge in [0, 0.05) is 26.7 Å². The minimum atomic E-state index is -3.57. The number of hydrogen-bond acceptors (Lipinski definition) is 4. The Morgan fingerprint density at radius 2 is 2.24 bits per heavy atom. The standard InChI is InChI=1S/C14H21N3O3S/c1-16-14(18)12-5-3-7-17(10-12)21(19,20)13-6-2-4-11(8-13)9-15/h2,4,6,8,12H,3,5,7,9-10,15H2,1H3,(H,16,18). The van der Waals surface area contributed by atoms with Gasteiger partial charge < -0.3 is 11.1 Å². The smallest absolute Gasteiger partial charge is 0.243 e. The lowest BCUT2D eigenvalue weighted by Crippen LogP contribution is -2.44. The highest BCUT2D eigenvalue weighted by Crippen LogP contribution is 2.24. The summed E-state index contributed by atoms with van der Waals surface area (Å²) in [5, 5.41) is 2.59. The highest BCUT2D eigenvalue weighted by molar-refractivity contribution is 7.89. The summed E-state index contributed by atoms with van der Waals surface area (Å²) in [6.07, 6.45) is 1.41. The third kappa shape index (κ3) is 3.42. The lowest BCUT2D eigenvalue weighted by atomic mass is 9.99. The van der Waals surface area contributed by atoms with E-state index in [0.717, 1.165) is 5.56 Å². The van der Waals surface area contributed by atoms with Crippen molar-refractivity contribution in [2.75, 3.05) is 20.1 Å². The molecule has 0 spiro atoms. The predicted octanol–water partition coefficient (Wildman–Crippen LogP) is 0.292. The van der Waals surface area contributed by atoms with Gasteiger partial charge in [0.25, 0.3) is 0 Å². The van der Waals surface area contributed by atoms with Crippen molar-refractivity contribution in [3.63, 3.8) is 0 Å². The van der Waals surface area contributed by atoms with Crippen LogP contribution in [0.2, 0.25) is 0 Å². The maximum atomic E-state index is 12.7. The number of hydrogen-bond donors (Lipinski definition) is 2. The lowest BCUT2D eigenvalue weighted by Gasteiger charge is -2.31. The molecule has 0 radical (unpaired) electrons. The Hall–Kier alpha value is -1.44. The second kappa shape index (κ2) is 6.55. The average Bonchev–Trinajstić information content (AvgIpc) is 2.54. The van der Waals surface area contributed by atoms with E-state index in [1.54, 1.807) is 31.3 Å². The van der Waals surface area contributed by atoms with Crippen molar-refractivity contribution in [3.8, 4) is 0 Å². The number of amides is 1. The Kier molecular flexibility index (Phi) is 4.97. The maximum Gasteiger partial charge on any atom is 0.243 e. The molecule has 0 aliphatic carbocycles. The van der Waals surface area contributed by atoms with Crippen molar-refractivity contribution in [1.29, 1.82) is 0 Å². The van der Waals surface area contributed by atoms with Crippen LogP contribution in [0.25, 0.3) is 0 Å². The molecule has 1 aromatic rings. The molecule has 1 saturated heterocycles. The van der Waals surface area contributed by atoms with Crippen LogP contribution in [0.1, 0.15) is 18.4 Å². The van der Waals surface area contributed by atoms with Gasteiger partial charge in [0.2, 0.25) is 15.9 Å². The van der Waals surface area contributed by atoms with Crippen LogP contribution >= 0.6 is 0 Å². The summed E-state index contributed by atoms with van der Waals surface area (Å²) in [5.74, 6) is -0.387. The van der Waals surface area contributed by atoms with Crippen molar-refractivity contribution >= 4 is 15.9 Å². The van der Waals surface area contributed by atoms with E-state index in [1.165, 1.54) is 4.31 Å². The Balaban J connectivity index is 2.24. The number of carbonyl (C=O) groups excluding carboxylic acids is 1. The first-order valence-electron chi connectivity index (χ1n) is 6.99. The van der Waals surface area contributed by atoms with Crippen molar-refractivity contribution < 1.29 is 13.2 Å². The zero-order valence-corrected chi connectivity index (χ0v) is 12.9. The van der Waals surface area contributed by atoms with Gasteiger partial charge in [0.05, 0.1) is 10.8 Å². The third-order valence-electron chi connectivity index (χ3n) is 3.77. The van der Waals surface area contributed by atoms with E-state index < -0.39 is 10.0 Å². The van der Waals surface area contributed by atoms with Gasteiger partial charge in [-0.1, -0.05) is 12.1 Å². The molecule has 1 fully saturated rings. The quantitative estimate of drug-likeness (QED) is 0.836. The molecule has 1 unspecified atom stereocenters. The maximum absolute atomic E-state index is 12.7. The van der Waals surface area contributed by atoms with E-state index >= 15 is 0 Å². The van der Waals surface area contributed by atoms with Gasteiger partial charge >= 0.3 is 0 Å². The summed E-state index contributed by atoms with van der Waals surface area (Å²) in [6.45, 7) is 0.974. The zero-order valence-electron chi connectivity index (χ0n) is 12.1. The molecule has 6 nitrogen and oxygen atoms in total. The molecule has 0 bridgehead atoms. The monoisotopic (exact) mass is 311 g/mol. The van der Waals surface area contributed by atoms with Crippen LogP contribution in [0.15, 0.2) is 29.2 Å². The molecule has 1 heterocycles. The normalized spacial score (nSPS) is 20.2. The molecule has 1 atom stereocenters. The lowest BCUT2D eigenvalue weighted by molar-refractivity contribution is -0.125. The molecular weight excluding hydrogens is 290 g/mol. The number of nitrogens with zero attached hydrogens (tertiary/aromatic N) is 1. The first kappa shape index (κ1) is 15.9. The fraction of sp³-hybridized carbons (Fsp3) is 0.500. The molecular formula is C14H21N3O3S. The van der Waals surface area contributed by atoms with E-state index in [4.69, 9.17) is 5.73 Å². The third-order valence-corrected chi connectivity index (χ3v) is 5.63. The number of benzene rings is 1. The Labute approximate surface area is 125 Å². The number of piperidine rings is 1. The van der Waals surface area contributed by atoms with Crippen molar-refractivity contribution in [3.05, 3.63) is 29.8 Å². The van der Waals surface area contributed by atoms with Gasteiger partial charge in [0.1, 0.15) is 0 Å². The van der Waals surface area contributed by atoms with Crippen LogP contribution in [-0.4, -0.2) is 38.8 Å². The molecule has 3 N–H and O–H groups in total. The minimum absolute atomic E-state index is 0.106. The topological polar surface area (TPSA) is 92.5 Å². The SMILES string of the molecule is CNC(=O)C1CCCN(S(=O)(=O)c2cccc(CN)c2)C1. The molecule has 1 aliphatic heterocycles. The van der Waals surface area contributed by atoms with Crippen LogP contribution in [0, 0.1) is 5.92 Å². The fourth-order valence-corrected chi connectivity index (χ4v) is 4.16. The van der Waals surface area contributed by atoms with Gasteiger partial charge in [-0.2, -0.15) is 4.31 Å². The van der Waals surface area contributed by atoms with Crippen molar-refractivity contribution in [2.45, 2.75) is 24.3 Å². The fourth-order valence-electron chi connectivity index (χ4n) is 2.56. The zero-order chi connectivity index (χ0) is 15.5. The van der Waals surface area contributed by atoms with E-state index in [9.17, 15) is 13.2 Å². The molecule has 21 heavy (non-hydrogen) atoms. The molecule has 1 aliphatic rings. The van der Waals surface area contributed by atoms with E-state index in [-0.39, 0.29) is 23.3 Å². The summed E-state index contributed by atoms with van der Waals surface area (Å²) in [6, 6.07) is 6.65. The van der Waals surface area contributed by atoms with Crippen LogP contribution in [0.3, 0.4) is 0 Å². The Morgan fingerprint density at radius 1 is 1.48 bits per heavy atom. The first-order valence-corrected chi connectivity index (χ1v) is 8.44. The largest absolute Gasteiger partial charge is 0.359 e. The summed E-state index contributed by atoms with van der Waals surface area (Å²) in [5.41, 5.74) is 6.33. The number of rotatable bonds is 4. The number of carbonyl (C=O) groups is 1. The van der Waals surface area contributed by atoms with Crippen molar-refractivity contribution in [2.24, 2.45) is 11.7 Å². The Morgan fingerprint density at radius 3 is 2.90 bits per heavy atom. The average molecular weight is 311 g/mol. The molecule has 2 rings (SSSR count). The van der Waals surface area contributed by atoms with E-state index in [0.29, 0.717) is 25.9 Å². The molecule has 116 valence electrons. The highest BCUT2D eigenvalue weighted by Gasteiger charge is 2.32. The second-order valence-corrected chi connectivity index (χ2v) is 7.11. The number of nitrogens with one attached hydrogen (secondary N) is 1. The first-order chi connectivity index (χ1) is 9.98. The van der Waals surface area contributed by atoms with Gasteiger partial charge in [-0.15, -0.1) is 0 Å². The van der Waals surface area contributed by atoms with E-state index in [2.05, 4.69) is 5.32 Å². The summed E-state index contributed by atoms with van der Waals surface area (Å²) < 4.78 is 26.7. The van der Waals surface area contributed by atoms with E-state index in [1.807, 2.05) is 0 Å². The summed E-state index contributed by atoms with van der Waals surface area (Å²) in [7, 11) is -2.00. The molecule has 1 amide bonds. The minimum Gasteiger partial charge on any atom is -0.359 e. The van der Waals surface area contributed by atoms with Crippen LogP contribution in [-0.2, 0) is 21.4 Å². The van der Waals surface area contributed by atoms with Gasteiger partial charge in [-0.3, -0.25) is 4.79 Å². The van der Waals surface area contributed by atoms with Gasteiger partial charge in [-0.25, -0.2) is 8.42 Å². The molecule has 0 saturated carbocycles. The van der Waals surface area contributed by atoms with Crippen LogP contribution < -0.4 is 11.1 Å². The van der Waals surface area contributed by atoms with Crippen LogP contribution in [0.5, 0.6) is 0 Å². The number of nitrogens with two attached hydrogens (primary N) is 1. The van der Waals surface area contributed by atoms with Crippen LogP contribution in [0.4, 0.5) is 0 Å². The second-order valence-electron chi connectivity index (χ2n) is 5.17. The van der Waals surface area contributed by atoms with Crippen molar-refractivity contribution in [1.82, 2.24) is 9.62 Å². The molecule has 7 heteroatoms.